The second-order valence-electron chi connectivity index (χ2n) is 4.54. The van der Waals surface area contributed by atoms with E-state index < -0.39 is 0 Å². The third kappa shape index (κ3) is 4.32. The fourth-order valence-electron chi connectivity index (χ4n) is 1.91. The molecule has 0 aliphatic rings. The van der Waals surface area contributed by atoms with Crippen molar-refractivity contribution in [2.24, 2.45) is 0 Å². The molecule has 0 heterocycles. The smallest absolute Gasteiger partial charge is 0.142 e. The van der Waals surface area contributed by atoms with Gasteiger partial charge in [0, 0.05) is 5.69 Å². The molecule has 2 nitrogen and oxygen atoms in total. The maximum Gasteiger partial charge on any atom is 0.142 e. The third-order valence-electron chi connectivity index (χ3n) is 2.95. The highest BCUT2D eigenvalue weighted by Crippen LogP contribution is 2.27. The van der Waals surface area contributed by atoms with E-state index >= 15 is 0 Å². The standard InChI is InChI=1S/C17H21NO/c1-2-3-9-14-19-17-13-8-7-12-16(17)18-15-10-5-4-6-11-15/h4-8,10-13,18H,2-3,9,14H2,1H3. The summed E-state index contributed by atoms with van der Waals surface area (Å²) in [5.41, 5.74) is 2.09. The summed E-state index contributed by atoms with van der Waals surface area (Å²) in [5, 5.41) is 3.39. The molecule has 19 heavy (non-hydrogen) atoms. The Hall–Kier alpha value is -1.96. The van der Waals surface area contributed by atoms with Gasteiger partial charge in [0.25, 0.3) is 0 Å². The average molecular weight is 255 g/mol. The minimum Gasteiger partial charge on any atom is -0.491 e. The van der Waals surface area contributed by atoms with Gasteiger partial charge in [-0.1, -0.05) is 50.1 Å². The van der Waals surface area contributed by atoms with Crippen molar-refractivity contribution in [1.29, 1.82) is 0 Å². The molecule has 0 aromatic heterocycles. The lowest BCUT2D eigenvalue weighted by molar-refractivity contribution is 0.308. The first-order valence-electron chi connectivity index (χ1n) is 6.94. The minimum absolute atomic E-state index is 0.779. The lowest BCUT2D eigenvalue weighted by Crippen LogP contribution is -2.00. The van der Waals surface area contributed by atoms with Crippen molar-refractivity contribution in [1.82, 2.24) is 0 Å². The molecule has 0 aliphatic heterocycles. The fourth-order valence-corrected chi connectivity index (χ4v) is 1.91. The van der Waals surface area contributed by atoms with Gasteiger partial charge in [0.1, 0.15) is 5.75 Å². The Kier molecular flexibility index (Phi) is 5.30. The molecule has 0 amide bonds. The van der Waals surface area contributed by atoms with Crippen LogP contribution in [-0.2, 0) is 0 Å². The minimum atomic E-state index is 0.779. The van der Waals surface area contributed by atoms with Crippen LogP contribution >= 0.6 is 0 Å². The van der Waals surface area contributed by atoms with E-state index in [2.05, 4.69) is 12.2 Å². The zero-order valence-electron chi connectivity index (χ0n) is 11.4. The number of hydrogen-bond acceptors (Lipinski definition) is 2. The fraction of sp³-hybridized carbons (Fsp3) is 0.294. The van der Waals surface area contributed by atoms with Crippen molar-refractivity contribution >= 4 is 11.4 Å². The van der Waals surface area contributed by atoms with Crippen molar-refractivity contribution in [3.05, 3.63) is 54.6 Å². The summed E-state index contributed by atoms with van der Waals surface area (Å²) in [4.78, 5) is 0. The zero-order chi connectivity index (χ0) is 13.3. The molecule has 0 spiro atoms. The van der Waals surface area contributed by atoms with Crippen molar-refractivity contribution in [3.8, 4) is 5.75 Å². The lowest BCUT2D eigenvalue weighted by atomic mass is 10.2. The van der Waals surface area contributed by atoms with Crippen LogP contribution in [0.4, 0.5) is 11.4 Å². The Balaban J connectivity index is 2.00. The average Bonchev–Trinajstić information content (AvgIpc) is 2.46. The summed E-state index contributed by atoms with van der Waals surface area (Å²) in [6.45, 7) is 2.98. The van der Waals surface area contributed by atoms with Gasteiger partial charge in [0.15, 0.2) is 0 Å². The summed E-state index contributed by atoms with van der Waals surface area (Å²) in [6.07, 6.45) is 3.54. The molecule has 0 unspecified atom stereocenters. The Morgan fingerprint density at radius 2 is 1.63 bits per heavy atom. The number of ether oxygens (including phenoxy) is 1. The Bertz CT molecular complexity index is 482. The zero-order valence-corrected chi connectivity index (χ0v) is 11.4. The van der Waals surface area contributed by atoms with Gasteiger partial charge in [0.05, 0.1) is 12.3 Å². The quantitative estimate of drug-likeness (QED) is 0.703. The summed E-state index contributed by atoms with van der Waals surface area (Å²) < 4.78 is 5.85. The van der Waals surface area contributed by atoms with E-state index in [4.69, 9.17) is 4.74 Å². The van der Waals surface area contributed by atoms with Gasteiger partial charge in [-0.05, 0) is 30.7 Å². The van der Waals surface area contributed by atoms with Crippen LogP contribution in [0.25, 0.3) is 0 Å². The van der Waals surface area contributed by atoms with E-state index in [1.807, 2.05) is 54.6 Å². The topological polar surface area (TPSA) is 21.3 Å². The summed E-state index contributed by atoms with van der Waals surface area (Å²) in [5.74, 6) is 0.919. The molecule has 0 fully saturated rings. The van der Waals surface area contributed by atoms with Gasteiger partial charge < -0.3 is 10.1 Å². The number of nitrogens with one attached hydrogen (secondary N) is 1. The van der Waals surface area contributed by atoms with E-state index in [0.717, 1.165) is 30.2 Å². The molecular formula is C17H21NO. The van der Waals surface area contributed by atoms with E-state index in [-0.39, 0.29) is 0 Å². The van der Waals surface area contributed by atoms with Crippen LogP contribution < -0.4 is 10.1 Å². The van der Waals surface area contributed by atoms with Gasteiger partial charge in [0.2, 0.25) is 0 Å². The SMILES string of the molecule is CCCCCOc1ccccc1Nc1ccccc1. The van der Waals surface area contributed by atoms with Gasteiger partial charge in [-0.3, -0.25) is 0 Å². The van der Waals surface area contributed by atoms with Crippen LogP contribution in [-0.4, -0.2) is 6.61 Å². The van der Waals surface area contributed by atoms with Crippen molar-refractivity contribution in [2.75, 3.05) is 11.9 Å². The van der Waals surface area contributed by atoms with Gasteiger partial charge >= 0.3 is 0 Å². The third-order valence-corrected chi connectivity index (χ3v) is 2.95. The number of hydrogen-bond donors (Lipinski definition) is 1. The van der Waals surface area contributed by atoms with Gasteiger partial charge in [-0.15, -0.1) is 0 Å². The van der Waals surface area contributed by atoms with E-state index in [1.165, 1.54) is 12.8 Å². The highest BCUT2D eigenvalue weighted by atomic mass is 16.5. The highest BCUT2D eigenvalue weighted by Gasteiger charge is 2.02. The van der Waals surface area contributed by atoms with Crippen LogP contribution in [0.3, 0.4) is 0 Å². The molecule has 0 saturated heterocycles. The summed E-state index contributed by atoms with van der Waals surface area (Å²) in [6, 6.07) is 18.2. The molecule has 0 aliphatic carbocycles. The lowest BCUT2D eigenvalue weighted by Gasteiger charge is -2.13. The molecule has 1 N–H and O–H groups in total. The number of para-hydroxylation sites is 3. The number of benzene rings is 2. The second-order valence-corrected chi connectivity index (χ2v) is 4.54. The first-order chi connectivity index (χ1) is 9.40. The Morgan fingerprint density at radius 1 is 0.895 bits per heavy atom. The van der Waals surface area contributed by atoms with Crippen molar-refractivity contribution in [3.63, 3.8) is 0 Å². The molecule has 2 heteroatoms. The van der Waals surface area contributed by atoms with Crippen LogP contribution in [0.2, 0.25) is 0 Å². The summed E-state index contributed by atoms with van der Waals surface area (Å²) in [7, 11) is 0. The first-order valence-corrected chi connectivity index (χ1v) is 6.94. The van der Waals surface area contributed by atoms with Crippen molar-refractivity contribution < 1.29 is 4.74 Å². The van der Waals surface area contributed by atoms with Crippen molar-refractivity contribution in [2.45, 2.75) is 26.2 Å². The maximum atomic E-state index is 5.85. The summed E-state index contributed by atoms with van der Waals surface area (Å²) >= 11 is 0. The van der Waals surface area contributed by atoms with Crippen LogP contribution in [0.5, 0.6) is 5.75 Å². The maximum absolute atomic E-state index is 5.85. The first kappa shape index (κ1) is 13.5. The molecule has 0 atom stereocenters. The van der Waals surface area contributed by atoms with Gasteiger partial charge in [-0.2, -0.15) is 0 Å². The molecule has 2 rings (SSSR count). The molecule has 100 valence electrons. The van der Waals surface area contributed by atoms with E-state index in [0.29, 0.717) is 0 Å². The number of anilines is 2. The molecule has 0 radical (unpaired) electrons. The van der Waals surface area contributed by atoms with E-state index in [9.17, 15) is 0 Å². The number of rotatable bonds is 7. The Morgan fingerprint density at radius 3 is 2.42 bits per heavy atom. The van der Waals surface area contributed by atoms with Crippen LogP contribution in [0.1, 0.15) is 26.2 Å². The van der Waals surface area contributed by atoms with E-state index in [1.54, 1.807) is 0 Å². The monoisotopic (exact) mass is 255 g/mol. The Labute approximate surface area is 115 Å². The van der Waals surface area contributed by atoms with Crippen LogP contribution in [0, 0.1) is 0 Å². The molecular weight excluding hydrogens is 234 g/mol. The normalized spacial score (nSPS) is 10.2. The highest BCUT2D eigenvalue weighted by molar-refractivity contribution is 5.65. The largest absolute Gasteiger partial charge is 0.491 e. The van der Waals surface area contributed by atoms with Crippen LogP contribution in [0.15, 0.2) is 54.6 Å². The van der Waals surface area contributed by atoms with Gasteiger partial charge in [-0.25, -0.2) is 0 Å². The predicted octanol–water partition coefficient (Wildman–Crippen LogP) is 5.00. The molecule has 0 bridgehead atoms. The molecule has 2 aromatic rings. The predicted molar refractivity (Wildman–Crippen MR) is 81.2 cm³/mol. The number of unbranched alkanes of at least 4 members (excludes halogenated alkanes) is 2. The molecule has 0 saturated carbocycles. The second kappa shape index (κ2) is 7.47. The molecule has 2 aromatic carbocycles.